The van der Waals surface area contributed by atoms with E-state index in [1.165, 1.54) is 6.42 Å². The van der Waals surface area contributed by atoms with Gasteiger partial charge >= 0.3 is 5.97 Å². The van der Waals surface area contributed by atoms with Crippen LogP contribution in [0.15, 0.2) is 0 Å². The van der Waals surface area contributed by atoms with Crippen molar-refractivity contribution in [1.29, 1.82) is 0 Å². The average molecular weight is 237 g/mol. The van der Waals surface area contributed by atoms with E-state index in [4.69, 9.17) is 0 Å². The van der Waals surface area contributed by atoms with Gasteiger partial charge in [0.25, 0.3) is 0 Å². The molecule has 4 heteroatoms. The van der Waals surface area contributed by atoms with Gasteiger partial charge < -0.3 is 10.4 Å². The lowest BCUT2D eigenvalue weighted by Crippen LogP contribution is -2.54. The molecule has 3 aliphatic rings. The Labute approximate surface area is 101 Å². The maximum absolute atomic E-state index is 12.1. The topological polar surface area (TPSA) is 66.4 Å². The van der Waals surface area contributed by atoms with E-state index in [1.807, 2.05) is 0 Å². The van der Waals surface area contributed by atoms with Crippen molar-refractivity contribution in [2.75, 3.05) is 0 Å². The fourth-order valence-corrected chi connectivity index (χ4v) is 3.54. The molecule has 17 heavy (non-hydrogen) atoms. The summed E-state index contributed by atoms with van der Waals surface area (Å²) in [6, 6.07) is 0. The number of carboxylic acids is 1. The van der Waals surface area contributed by atoms with Crippen LogP contribution in [0.3, 0.4) is 0 Å². The summed E-state index contributed by atoms with van der Waals surface area (Å²) in [7, 11) is 0. The van der Waals surface area contributed by atoms with Crippen molar-refractivity contribution in [1.82, 2.24) is 5.32 Å². The third-order valence-electron chi connectivity index (χ3n) is 4.93. The molecule has 94 valence electrons. The molecule has 0 aromatic rings. The molecule has 0 aromatic heterocycles. The van der Waals surface area contributed by atoms with Crippen LogP contribution in [0.25, 0.3) is 0 Å². The van der Waals surface area contributed by atoms with Gasteiger partial charge in [-0.2, -0.15) is 0 Å². The second-order valence-electron chi connectivity index (χ2n) is 6.06. The largest absolute Gasteiger partial charge is 0.480 e. The van der Waals surface area contributed by atoms with Crippen molar-refractivity contribution < 1.29 is 14.7 Å². The Morgan fingerprint density at radius 2 is 1.76 bits per heavy atom. The zero-order valence-corrected chi connectivity index (χ0v) is 10.1. The van der Waals surface area contributed by atoms with Crippen molar-refractivity contribution >= 4 is 11.9 Å². The highest BCUT2D eigenvalue weighted by Crippen LogP contribution is 2.57. The Balaban J connectivity index is 1.65. The Kier molecular flexibility index (Phi) is 2.25. The van der Waals surface area contributed by atoms with Crippen molar-refractivity contribution in [2.24, 2.45) is 23.7 Å². The van der Waals surface area contributed by atoms with Gasteiger partial charge in [0.1, 0.15) is 5.54 Å². The predicted molar refractivity (Wildman–Crippen MR) is 61.2 cm³/mol. The van der Waals surface area contributed by atoms with Crippen molar-refractivity contribution in [2.45, 2.75) is 44.6 Å². The van der Waals surface area contributed by atoms with Crippen LogP contribution in [0.2, 0.25) is 0 Å². The number of fused-ring (bicyclic) bond motifs is 1. The van der Waals surface area contributed by atoms with E-state index in [0.717, 1.165) is 25.7 Å². The van der Waals surface area contributed by atoms with Gasteiger partial charge in [0.05, 0.1) is 0 Å². The molecule has 0 aromatic carbocycles. The number of hydrogen-bond donors (Lipinski definition) is 2. The van der Waals surface area contributed by atoms with Crippen molar-refractivity contribution in [3.8, 4) is 0 Å². The van der Waals surface area contributed by atoms with Crippen LogP contribution in [0.5, 0.6) is 0 Å². The minimum Gasteiger partial charge on any atom is -0.480 e. The minimum absolute atomic E-state index is 0.0171. The van der Waals surface area contributed by atoms with Crippen LogP contribution < -0.4 is 5.32 Å². The van der Waals surface area contributed by atoms with E-state index in [2.05, 4.69) is 5.32 Å². The highest BCUT2D eigenvalue weighted by atomic mass is 16.4. The molecule has 0 aliphatic heterocycles. The number of rotatable bonds is 4. The maximum Gasteiger partial charge on any atom is 0.329 e. The van der Waals surface area contributed by atoms with Crippen LogP contribution in [0.4, 0.5) is 0 Å². The van der Waals surface area contributed by atoms with E-state index < -0.39 is 11.5 Å². The smallest absolute Gasteiger partial charge is 0.329 e. The third kappa shape index (κ3) is 1.65. The lowest BCUT2D eigenvalue weighted by molar-refractivity contribution is -0.148. The fraction of sp³-hybridized carbons (Fsp3) is 0.846. The first-order chi connectivity index (χ1) is 8.04. The molecule has 3 saturated carbocycles. The maximum atomic E-state index is 12.1. The van der Waals surface area contributed by atoms with Crippen LogP contribution in [0, 0.1) is 23.7 Å². The summed E-state index contributed by atoms with van der Waals surface area (Å²) < 4.78 is 0. The van der Waals surface area contributed by atoms with E-state index in [9.17, 15) is 14.7 Å². The van der Waals surface area contributed by atoms with Gasteiger partial charge in [0, 0.05) is 5.92 Å². The summed E-state index contributed by atoms with van der Waals surface area (Å²) in [6.07, 6.45) is 5.37. The van der Waals surface area contributed by atoms with Gasteiger partial charge in [0.15, 0.2) is 0 Å². The van der Waals surface area contributed by atoms with Crippen molar-refractivity contribution in [3.63, 3.8) is 0 Å². The van der Waals surface area contributed by atoms with E-state index in [-0.39, 0.29) is 17.7 Å². The summed E-state index contributed by atoms with van der Waals surface area (Å²) in [5.41, 5.74) is -1.03. The predicted octanol–water partition coefficient (Wildman–Crippen LogP) is 1.40. The normalized spacial score (nSPS) is 38.1. The zero-order chi connectivity index (χ0) is 12.2. The minimum atomic E-state index is -1.03. The average Bonchev–Trinajstić information content (AvgIpc) is 3.17. The SMILES string of the molecule is C[C@](NC(=O)C1[C@H]2CCC[C@H]12)(C(=O)O)C1CC1. The first-order valence-corrected chi connectivity index (χ1v) is 6.59. The number of amides is 1. The van der Waals surface area contributed by atoms with Gasteiger partial charge in [-0.05, 0) is 50.4 Å². The fourth-order valence-electron chi connectivity index (χ4n) is 3.54. The Hall–Kier alpha value is -1.06. The molecule has 0 saturated heterocycles. The summed E-state index contributed by atoms with van der Waals surface area (Å²) in [5.74, 6) is 0.430. The third-order valence-corrected chi connectivity index (χ3v) is 4.93. The van der Waals surface area contributed by atoms with Gasteiger partial charge in [-0.1, -0.05) is 6.42 Å². The molecule has 3 aliphatic carbocycles. The number of nitrogens with one attached hydrogen (secondary N) is 1. The Bertz CT molecular complexity index is 367. The number of carbonyl (C=O) groups is 2. The molecule has 0 unspecified atom stereocenters. The van der Waals surface area contributed by atoms with E-state index in [1.54, 1.807) is 6.92 Å². The summed E-state index contributed by atoms with van der Waals surface area (Å²) in [4.78, 5) is 23.4. The van der Waals surface area contributed by atoms with Crippen LogP contribution >= 0.6 is 0 Å². The van der Waals surface area contributed by atoms with E-state index in [0.29, 0.717) is 11.8 Å². The lowest BCUT2D eigenvalue weighted by Gasteiger charge is -2.26. The number of hydrogen-bond acceptors (Lipinski definition) is 2. The first-order valence-electron chi connectivity index (χ1n) is 6.59. The molecule has 0 spiro atoms. The molecule has 3 fully saturated rings. The van der Waals surface area contributed by atoms with Crippen LogP contribution in [-0.4, -0.2) is 22.5 Å². The zero-order valence-electron chi connectivity index (χ0n) is 10.1. The molecule has 0 bridgehead atoms. The molecular formula is C13H19NO3. The first kappa shape index (κ1) is 11.1. The molecule has 0 radical (unpaired) electrons. The summed E-state index contributed by atoms with van der Waals surface area (Å²) >= 11 is 0. The Morgan fingerprint density at radius 3 is 2.24 bits per heavy atom. The molecule has 0 heterocycles. The standard InChI is InChI=1S/C13H19NO3/c1-13(12(16)17,7-5-6-7)14-11(15)10-8-3-2-4-9(8)10/h7-10H,2-6H2,1H3,(H,14,15)(H,16,17)/t8-,9-,13+/m0/s1. The van der Waals surface area contributed by atoms with Crippen LogP contribution in [0.1, 0.15) is 39.0 Å². The number of aliphatic carboxylic acids is 1. The van der Waals surface area contributed by atoms with Gasteiger partial charge in [-0.15, -0.1) is 0 Å². The second-order valence-corrected chi connectivity index (χ2v) is 6.06. The number of carboxylic acid groups (broad SMARTS) is 1. The molecule has 4 nitrogen and oxygen atoms in total. The Morgan fingerprint density at radius 1 is 1.18 bits per heavy atom. The van der Waals surface area contributed by atoms with Crippen molar-refractivity contribution in [3.05, 3.63) is 0 Å². The van der Waals surface area contributed by atoms with Crippen LogP contribution in [-0.2, 0) is 9.59 Å². The molecule has 3 atom stereocenters. The summed E-state index contributed by atoms with van der Waals surface area (Å²) in [5, 5.41) is 12.1. The van der Waals surface area contributed by atoms with Gasteiger partial charge in [-0.3, -0.25) is 4.79 Å². The quantitative estimate of drug-likeness (QED) is 0.776. The highest BCUT2D eigenvalue weighted by molar-refractivity contribution is 5.90. The van der Waals surface area contributed by atoms with E-state index >= 15 is 0 Å². The molecule has 1 amide bonds. The van der Waals surface area contributed by atoms with Gasteiger partial charge in [0.2, 0.25) is 5.91 Å². The molecular weight excluding hydrogens is 218 g/mol. The molecule has 2 N–H and O–H groups in total. The van der Waals surface area contributed by atoms with Gasteiger partial charge in [-0.25, -0.2) is 4.79 Å². The number of carbonyl (C=O) groups excluding carboxylic acids is 1. The summed E-state index contributed by atoms with van der Waals surface area (Å²) in [6.45, 7) is 1.66. The highest BCUT2D eigenvalue weighted by Gasteiger charge is 2.58. The molecule has 3 rings (SSSR count). The monoisotopic (exact) mass is 237 g/mol. The second kappa shape index (κ2) is 3.47. The lowest BCUT2D eigenvalue weighted by atomic mass is 9.95.